The van der Waals surface area contributed by atoms with Crippen molar-refractivity contribution in [3.63, 3.8) is 0 Å². The van der Waals surface area contributed by atoms with Gasteiger partial charge in [0.1, 0.15) is 31.1 Å². The van der Waals surface area contributed by atoms with Gasteiger partial charge >= 0.3 is 0 Å². The minimum atomic E-state index is -1.56. The fraction of sp³-hybridized carbons (Fsp3) is 1.00. The van der Waals surface area contributed by atoms with Crippen LogP contribution in [0.4, 0.5) is 4.39 Å². The van der Waals surface area contributed by atoms with Crippen molar-refractivity contribution < 1.29 is 29.6 Å². The van der Waals surface area contributed by atoms with E-state index in [1.807, 2.05) is 0 Å². The molecular weight excluding hydrogens is 171 g/mol. The number of alkyl halides is 1. The van der Waals surface area contributed by atoms with Crippen LogP contribution >= 0.6 is 0 Å². The number of aliphatic hydroxyl groups excluding tert-OH is 4. The van der Waals surface area contributed by atoms with Crippen LogP contribution in [0.1, 0.15) is 0 Å². The Morgan fingerprint density at radius 2 is 1.83 bits per heavy atom. The summed E-state index contributed by atoms with van der Waals surface area (Å²) in [6.45, 7) is -1.10. The molecule has 6 heteroatoms. The number of aliphatic hydroxyl groups is 4. The highest BCUT2D eigenvalue weighted by atomic mass is 19.1. The highest BCUT2D eigenvalue weighted by Crippen LogP contribution is 2.22. The van der Waals surface area contributed by atoms with Gasteiger partial charge in [0.2, 0.25) is 0 Å². The molecule has 0 aliphatic carbocycles. The molecule has 12 heavy (non-hydrogen) atoms. The van der Waals surface area contributed by atoms with Gasteiger partial charge in [-0.3, -0.25) is 0 Å². The second kappa shape index (κ2) is 3.63. The van der Waals surface area contributed by atoms with Crippen LogP contribution in [-0.4, -0.2) is 57.8 Å². The first kappa shape index (κ1) is 9.82. The van der Waals surface area contributed by atoms with E-state index in [0.29, 0.717) is 0 Å². The molecule has 0 amide bonds. The molecule has 1 heterocycles. The summed E-state index contributed by atoms with van der Waals surface area (Å²) in [5.41, 5.74) is 0. The van der Waals surface area contributed by atoms with Crippen molar-refractivity contribution in [2.75, 3.05) is 6.67 Å². The van der Waals surface area contributed by atoms with E-state index in [2.05, 4.69) is 4.74 Å². The summed E-state index contributed by atoms with van der Waals surface area (Å²) in [6, 6.07) is 0. The zero-order valence-corrected chi connectivity index (χ0v) is 6.17. The molecule has 0 aromatic carbocycles. The zero-order chi connectivity index (χ0) is 9.30. The minimum absolute atomic E-state index is 1.10. The van der Waals surface area contributed by atoms with E-state index >= 15 is 0 Å². The Labute approximate surface area is 68.0 Å². The van der Waals surface area contributed by atoms with Gasteiger partial charge in [0.25, 0.3) is 0 Å². The first-order valence-electron chi connectivity index (χ1n) is 3.51. The number of ether oxygens (including phenoxy) is 1. The third-order valence-electron chi connectivity index (χ3n) is 1.81. The summed E-state index contributed by atoms with van der Waals surface area (Å²) in [6.07, 6.45) is -7.29. The monoisotopic (exact) mass is 182 g/mol. The molecule has 1 saturated heterocycles. The lowest BCUT2D eigenvalue weighted by Crippen LogP contribution is -2.39. The van der Waals surface area contributed by atoms with Crippen LogP contribution < -0.4 is 0 Å². The molecule has 1 fully saturated rings. The zero-order valence-electron chi connectivity index (χ0n) is 6.17. The Balaban J connectivity index is 2.58. The Kier molecular flexibility index (Phi) is 2.97. The van der Waals surface area contributed by atoms with E-state index in [-0.39, 0.29) is 0 Å². The lowest BCUT2D eigenvalue weighted by molar-refractivity contribution is -0.147. The standard InChI is InChI=1S/C6H11FO5/c7-1-2(8)5-3(9)4(10)6(11)12-5/h2-6,8-11H,1H2/t2-,3-,4-,5+,6?/m0/s1. The fourth-order valence-electron chi connectivity index (χ4n) is 1.09. The lowest BCUT2D eigenvalue weighted by Gasteiger charge is -2.17. The molecule has 0 radical (unpaired) electrons. The van der Waals surface area contributed by atoms with Crippen molar-refractivity contribution >= 4 is 0 Å². The average molecular weight is 182 g/mol. The molecule has 4 N–H and O–H groups in total. The fourth-order valence-corrected chi connectivity index (χ4v) is 1.09. The summed E-state index contributed by atoms with van der Waals surface area (Å²) in [5, 5.41) is 35.7. The van der Waals surface area contributed by atoms with Crippen LogP contribution in [-0.2, 0) is 4.74 Å². The van der Waals surface area contributed by atoms with E-state index in [0.717, 1.165) is 0 Å². The van der Waals surface area contributed by atoms with Gasteiger partial charge in [-0.05, 0) is 0 Å². The summed E-state index contributed by atoms with van der Waals surface area (Å²) in [5.74, 6) is 0. The first-order valence-corrected chi connectivity index (χ1v) is 3.51. The quantitative estimate of drug-likeness (QED) is 0.387. The van der Waals surface area contributed by atoms with Crippen molar-refractivity contribution in [3.05, 3.63) is 0 Å². The summed E-state index contributed by atoms with van der Waals surface area (Å²) in [4.78, 5) is 0. The molecule has 1 aliphatic heterocycles. The SMILES string of the molecule is OC1O[C@H]([C@@H](O)CF)[C@@H](O)[C@@H]1O. The Morgan fingerprint density at radius 3 is 2.17 bits per heavy atom. The van der Waals surface area contributed by atoms with Crippen molar-refractivity contribution in [2.45, 2.75) is 30.7 Å². The van der Waals surface area contributed by atoms with Crippen molar-refractivity contribution in [3.8, 4) is 0 Å². The summed E-state index contributed by atoms with van der Waals surface area (Å²) < 4.78 is 16.4. The molecule has 0 aromatic rings. The average Bonchev–Trinajstić information content (AvgIpc) is 2.32. The molecule has 1 aliphatic rings. The Bertz CT molecular complexity index is 155. The van der Waals surface area contributed by atoms with Gasteiger partial charge in [-0.25, -0.2) is 4.39 Å². The number of hydrogen-bond acceptors (Lipinski definition) is 5. The third kappa shape index (κ3) is 1.57. The maximum Gasteiger partial charge on any atom is 0.184 e. The van der Waals surface area contributed by atoms with Gasteiger partial charge in [0, 0.05) is 0 Å². The summed E-state index contributed by atoms with van der Waals surface area (Å²) >= 11 is 0. The molecule has 1 rings (SSSR count). The lowest BCUT2D eigenvalue weighted by atomic mass is 10.1. The van der Waals surface area contributed by atoms with Crippen molar-refractivity contribution in [1.29, 1.82) is 0 Å². The van der Waals surface area contributed by atoms with Gasteiger partial charge in [-0.1, -0.05) is 0 Å². The van der Waals surface area contributed by atoms with Crippen LogP contribution in [0.3, 0.4) is 0 Å². The largest absolute Gasteiger partial charge is 0.388 e. The first-order chi connectivity index (χ1) is 5.57. The van der Waals surface area contributed by atoms with Gasteiger partial charge in [-0.2, -0.15) is 0 Å². The van der Waals surface area contributed by atoms with E-state index in [9.17, 15) is 4.39 Å². The normalized spacial score (nSPS) is 44.8. The van der Waals surface area contributed by atoms with Crippen molar-refractivity contribution in [2.24, 2.45) is 0 Å². The van der Waals surface area contributed by atoms with Crippen LogP contribution in [0.2, 0.25) is 0 Å². The molecule has 5 nitrogen and oxygen atoms in total. The van der Waals surface area contributed by atoms with Crippen molar-refractivity contribution in [1.82, 2.24) is 0 Å². The molecular formula is C6H11FO5. The van der Waals surface area contributed by atoms with Crippen LogP contribution in [0.5, 0.6) is 0 Å². The van der Waals surface area contributed by atoms with E-state index < -0.39 is 37.4 Å². The van der Waals surface area contributed by atoms with E-state index in [1.54, 1.807) is 0 Å². The van der Waals surface area contributed by atoms with Gasteiger partial charge in [0.05, 0.1) is 0 Å². The highest BCUT2D eigenvalue weighted by Gasteiger charge is 2.45. The number of rotatable bonds is 2. The molecule has 0 saturated carbocycles. The van der Waals surface area contributed by atoms with Gasteiger partial charge in [-0.15, -0.1) is 0 Å². The van der Waals surface area contributed by atoms with Crippen LogP contribution in [0.25, 0.3) is 0 Å². The second-order valence-electron chi connectivity index (χ2n) is 2.69. The predicted octanol–water partition coefficient (Wildman–Crippen LogP) is -2.24. The molecule has 1 unspecified atom stereocenters. The van der Waals surface area contributed by atoms with Crippen LogP contribution in [0, 0.1) is 0 Å². The van der Waals surface area contributed by atoms with E-state index in [4.69, 9.17) is 20.4 Å². The number of hydrogen-bond donors (Lipinski definition) is 4. The maximum absolute atomic E-state index is 11.9. The Hall–Kier alpha value is -0.270. The van der Waals surface area contributed by atoms with Gasteiger partial charge < -0.3 is 25.2 Å². The molecule has 0 spiro atoms. The smallest absolute Gasteiger partial charge is 0.184 e. The van der Waals surface area contributed by atoms with Crippen LogP contribution in [0.15, 0.2) is 0 Å². The molecule has 0 aromatic heterocycles. The topological polar surface area (TPSA) is 90.2 Å². The van der Waals surface area contributed by atoms with Gasteiger partial charge in [0.15, 0.2) is 6.29 Å². The summed E-state index contributed by atoms with van der Waals surface area (Å²) in [7, 11) is 0. The minimum Gasteiger partial charge on any atom is -0.388 e. The Morgan fingerprint density at radius 1 is 1.25 bits per heavy atom. The molecule has 72 valence electrons. The second-order valence-corrected chi connectivity index (χ2v) is 2.69. The predicted molar refractivity (Wildman–Crippen MR) is 34.9 cm³/mol. The number of halogens is 1. The highest BCUT2D eigenvalue weighted by molar-refractivity contribution is 4.89. The maximum atomic E-state index is 11.9. The molecule has 0 bridgehead atoms. The molecule has 5 atom stereocenters. The van der Waals surface area contributed by atoms with E-state index in [1.165, 1.54) is 0 Å². The third-order valence-corrected chi connectivity index (χ3v) is 1.81.